The summed E-state index contributed by atoms with van der Waals surface area (Å²) in [6.07, 6.45) is 1.49. The van der Waals surface area contributed by atoms with E-state index < -0.39 is 0 Å². The zero-order valence-electron chi connectivity index (χ0n) is 6.68. The van der Waals surface area contributed by atoms with Gasteiger partial charge in [0.25, 0.3) is 0 Å². The third kappa shape index (κ3) is 3.05. The van der Waals surface area contributed by atoms with E-state index in [1.807, 2.05) is 24.3 Å². The van der Waals surface area contributed by atoms with E-state index in [9.17, 15) is 0 Å². The van der Waals surface area contributed by atoms with E-state index in [2.05, 4.69) is 15.9 Å². The number of hydrogen-bond acceptors (Lipinski definition) is 1. The number of aryl methyl sites for hydroxylation is 1. The Hall–Kier alpha value is -0.830. The molecule has 0 saturated carbocycles. The van der Waals surface area contributed by atoms with E-state index in [1.165, 1.54) is 5.56 Å². The highest BCUT2D eigenvalue weighted by molar-refractivity contribution is 9.10. The van der Waals surface area contributed by atoms with Crippen LogP contribution in [0.15, 0.2) is 28.7 Å². The molecule has 0 aromatic heterocycles. The Morgan fingerprint density at radius 2 is 1.92 bits per heavy atom. The van der Waals surface area contributed by atoms with Crippen LogP contribution in [0.2, 0.25) is 0 Å². The molecular weight excluding hydrogens is 216 g/mol. The van der Waals surface area contributed by atoms with Crippen LogP contribution < -0.4 is 5.73 Å². The predicted molar refractivity (Wildman–Crippen MR) is 54.4 cm³/mol. The van der Waals surface area contributed by atoms with E-state index in [-0.39, 0.29) is 5.84 Å². The number of nitrogens with one attached hydrogen (secondary N) is 1. The lowest BCUT2D eigenvalue weighted by atomic mass is 10.1. The highest BCUT2D eigenvalue weighted by Gasteiger charge is 1.94. The zero-order valence-corrected chi connectivity index (χ0v) is 8.26. The molecule has 2 nitrogen and oxygen atoms in total. The summed E-state index contributed by atoms with van der Waals surface area (Å²) in [6.45, 7) is 0. The Labute approximate surface area is 80.4 Å². The van der Waals surface area contributed by atoms with Gasteiger partial charge >= 0.3 is 0 Å². The van der Waals surface area contributed by atoms with Crippen molar-refractivity contribution >= 4 is 21.8 Å². The van der Waals surface area contributed by atoms with Gasteiger partial charge in [0.15, 0.2) is 0 Å². The van der Waals surface area contributed by atoms with E-state index in [0.29, 0.717) is 6.42 Å². The molecule has 1 rings (SSSR count). The van der Waals surface area contributed by atoms with Gasteiger partial charge in [-0.2, -0.15) is 0 Å². The molecule has 0 amide bonds. The largest absolute Gasteiger partial charge is 0.388 e. The SMILES string of the molecule is N=C(N)CCc1ccc(Br)cc1. The molecule has 0 saturated heterocycles. The molecular formula is C9H11BrN2. The fourth-order valence-corrected chi connectivity index (χ4v) is 1.19. The summed E-state index contributed by atoms with van der Waals surface area (Å²) in [7, 11) is 0. The van der Waals surface area contributed by atoms with Crippen LogP contribution in [-0.2, 0) is 6.42 Å². The van der Waals surface area contributed by atoms with Crippen LogP contribution in [0, 0.1) is 5.41 Å². The molecule has 0 bridgehead atoms. The molecule has 0 fully saturated rings. The van der Waals surface area contributed by atoms with Crippen molar-refractivity contribution in [2.75, 3.05) is 0 Å². The van der Waals surface area contributed by atoms with Crippen molar-refractivity contribution in [3.8, 4) is 0 Å². The van der Waals surface area contributed by atoms with Gasteiger partial charge in [-0.25, -0.2) is 0 Å². The predicted octanol–water partition coefficient (Wildman–Crippen LogP) is 2.32. The third-order valence-corrected chi connectivity index (χ3v) is 2.12. The Bertz CT molecular complexity index is 266. The monoisotopic (exact) mass is 226 g/mol. The Morgan fingerprint density at radius 3 is 2.42 bits per heavy atom. The van der Waals surface area contributed by atoms with Crippen molar-refractivity contribution < 1.29 is 0 Å². The standard InChI is InChI=1S/C9H11BrN2/c10-8-4-1-7(2-5-8)3-6-9(11)12/h1-2,4-5H,3,6H2,(H3,11,12). The van der Waals surface area contributed by atoms with E-state index in [0.717, 1.165) is 10.9 Å². The van der Waals surface area contributed by atoms with Gasteiger partial charge < -0.3 is 5.73 Å². The van der Waals surface area contributed by atoms with E-state index >= 15 is 0 Å². The maximum absolute atomic E-state index is 7.05. The second-order valence-corrected chi connectivity index (χ2v) is 3.57. The van der Waals surface area contributed by atoms with Crippen molar-refractivity contribution in [3.05, 3.63) is 34.3 Å². The highest BCUT2D eigenvalue weighted by Crippen LogP contribution is 2.11. The van der Waals surface area contributed by atoms with Crippen LogP contribution in [0.25, 0.3) is 0 Å². The molecule has 0 spiro atoms. The molecule has 3 heteroatoms. The van der Waals surface area contributed by atoms with Crippen LogP contribution in [0.4, 0.5) is 0 Å². The number of nitrogens with two attached hydrogens (primary N) is 1. The second kappa shape index (κ2) is 4.26. The quantitative estimate of drug-likeness (QED) is 0.604. The van der Waals surface area contributed by atoms with Gasteiger partial charge in [0.1, 0.15) is 0 Å². The third-order valence-electron chi connectivity index (χ3n) is 1.60. The van der Waals surface area contributed by atoms with Crippen LogP contribution in [0.5, 0.6) is 0 Å². The summed E-state index contributed by atoms with van der Waals surface area (Å²) in [4.78, 5) is 0. The summed E-state index contributed by atoms with van der Waals surface area (Å²) in [5.41, 5.74) is 6.46. The topological polar surface area (TPSA) is 49.9 Å². The summed E-state index contributed by atoms with van der Waals surface area (Å²) in [5.74, 6) is 0.248. The zero-order chi connectivity index (χ0) is 8.97. The molecule has 0 heterocycles. The molecule has 0 aliphatic rings. The fraction of sp³-hybridized carbons (Fsp3) is 0.222. The normalized spacial score (nSPS) is 9.75. The van der Waals surface area contributed by atoms with Gasteiger partial charge in [-0.05, 0) is 24.1 Å². The smallest absolute Gasteiger partial charge is 0.0908 e. The Morgan fingerprint density at radius 1 is 1.33 bits per heavy atom. The molecule has 0 unspecified atom stereocenters. The van der Waals surface area contributed by atoms with Crippen LogP contribution in [-0.4, -0.2) is 5.84 Å². The van der Waals surface area contributed by atoms with Crippen molar-refractivity contribution in [1.82, 2.24) is 0 Å². The number of benzene rings is 1. The lowest BCUT2D eigenvalue weighted by molar-refractivity contribution is 1.02. The molecule has 64 valence electrons. The van der Waals surface area contributed by atoms with E-state index in [4.69, 9.17) is 11.1 Å². The minimum absolute atomic E-state index is 0.248. The van der Waals surface area contributed by atoms with Crippen LogP contribution in [0.1, 0.15) is 12.0 Å². The van der Waals surface area contributed by atoms with Gasteiger partial charge in [-0.1, -0.05) is 28.1 Å². The van der Waals surface area contributed by atoms with Crippen molar-refractivity contribution in [2.24, 2.45) is 5.73 Å². The lowest BCUT2D eigenvalue weighted by Gasteiger charge is -1.99. The molecule has 3 N–H and O–H groups in total. The molecule has 0 atom stereocenters. The van der Waals surface area contributed by atoms with Gasteiger partial charge in [0.05, 0.1) is 5.84 Å². The molecule has 1 aromatic carbocycles. The first-order chi connectivity index (χ1) is 5.68. The molecule has 0 aliphatic carbocycles. The number of rotatable bonds is 3. The first kappa shape index (κ1) is 9.26. The van der Waals surface area contributed by atoms with Crippen LogP contribution in [0.3, 0.4) is 0 Å². The Balaban J connectivity index is 2.53. The number of halogens is 1. The Kier molecular flexibility index (Phi) is 3.29. The van der Waals surface area contributed by atoms with E-state index in [1.54, 1.807) is 0 Å². The molecule has 1 aromatic rings. The minimum Gasteiger partial charge on any atom is -0.388 e. The fourth-order valence-electron chi connectivity index (χ4n) is 0.930. The molecule has 0 aliphatic heterocycles. The summed E-state index contributed by atoms with van der Waals surface area (Å²) < 4.78 is 1.08. The second-order valence-electron chi connectivity index (χ2n) is 2.65. The van der Waals surface area contributed by atoms with Crippen molar-refractivity contribution in [3.63, 3.8) is 0 Å². The molecule has 12 heavy (non-hydrogen) atoms. The maximum Gasteiger partial charge on any atom is 0.0908 e. The highest BCUT2D eigenvalue weighted by atomic mass is 79.9. The van der Waals surface area contributed by atoms with Gasteiger partial charge in [0.2, 0.25) is 0 Å². The molecule has 0 radical (unpaired) electrons. The van der Waals surface area contributed by atoms with Crippen molar-refractivity contribution in [1.29, 1.82) is 5.41 Å². The summed E-state index contributed by atoms with van der Waals surface area (Å²) in [5, 5.41) is 7.05. The van der Waals surface area contributed by atoms with Gasteiger partial charge in [0, 0.05) is 10.9 Å². The summed E-state index contributed by atoms with van der Waals surface area (Å²) >= 11 is 3.36. The van der Waals surface area contributed by atoms with Gasteiger partial charge in [-0.3, -0.25) is 5.41 Å². The first-order valence-corrected chi connectivity index (χ1v) is 4.55. The number of amidine groups is 1. The summed E-state index contributed by atoms with van der Waals surface area (Å²) in [6, 6.07) is 8.06. The lowest BCUT2D eigenvalue weighted by Crippen LogP contribution is -2.10. The van der Waals surface area contributed by atoms with Crippen molar-refractivity contribution in [2.45, 2.75) is 12.8 Å². The maximum atomic E-state index is 7.05. The first-order valence-electron chi connectivity index (χ1n) is 3.76. The average Bonchev–Trinajstić information content (AvgIpc) is 2.03. The van der Waals surface area contributed by atoms with Crippen LogP contribution >= 0.6 is 15.9 Å². The average molecular weight is 227 g/mol. The number of hydrogen-bond donors (Lipinski definition) is 2. The van der Waals surface area contributed by atoms with Gasteiger partial charge in [-0.15, -0.1) is 0 Å². The minimum atomic E-state index is 0.248.